The van der Waals surface area contributed by atoms with Crippen LogP contribution in [0.15, 0.2) is 48.1 Å². The Balaban J connectivity index is 1.42. The quantitative estimate of drug-likeness (QED) is 0.306. The van der Waals surface area contributed by atoms with Crippen molar-refractivity contribution in [2.45, 2.75) is 99.3 Å². The molecule has 5 unspecified atom stereocenters. The zero-order valence-electron chi connectivity index (χ0n) is 25.7. The highest BCUT2D eigenvalue weighted by atomic mass is 16.4. The highest BCUT2D eigenvalue weighted by Crippen LogP contribution is 2.77. The van der Waals surface area contributed by atoms with E-state index in [-0.39, 0.29) is 27.6 Å². The van der Waals surface area contributed by atoms with Crippen LogP contribution in [-0.4, -0.2) is 16.9 Å². The van der Waals surface area contributed by atoms with E-state index in [4.69, 9.17) is 0 Å². The van der Waals surface area contributed by atoms with Crippen molar-refractivity contribution < 1.29 is 14.7 Å². The summed E-state index contributed by atoms with van der Waals surface area (Å²) in [5, 5.41) is 10.6. The van der Waals surface area contributed by atoms with Crippen LogP contribution in [0.1, 0.15) is 105 Å². The maximum absolute atomic E-state index is 14.0. The molecule has 40 heavy (non-hydrogen) atoms. The molecule has 216 valence electrons. The first-order valence-electron chi connectivity index (χ1n) is 15.9. The van der Waals surface area contributed by atoms with Crippen molar-refractivity contribution in [1.82, 2.24) is 0 Å². The Morgan fingerprint density at radius 2 is 1.60 bits per heavy atom. The third kappa shape index (κ3) is 3.48. The van der Waals surface area contributed by atoms with E-state index < -0.39 is 11.4 Å². The van der Waals surface area contributed by atoms with Gasteiger partial charge in [-0.25, -0.2) is 0 Å². The lowest BCUT2D eigenvalue weighted by molar-refractivity contribution is -0.231. The van der Waals surface area contributed by atoms with Gasteiger partial charge in [0, 0.05) is 5.41 Å². The van der Waals surface area contributed by atoms with E-state index in [1.54, 1.807) is 0 Å². The Hall–Kier alpha value is -2.16. The number of ketones is 1. The zero-order chi connectivity index (χ0) is 28.9. The smallest absolute Gasteiger partial charge is 0.309 e. The normalized spacial score (nSPS) is 46.6. The number of carboxylic acids is 1. The van der Waals surface area contributed by atoms with E-state index >= 15 is 0 Å². The number of Topliss-reactive ketones (excluding diaryl/α,β-unsaturated/α-hetero) is 1. The van der Waals surface area contributed by atoms with E-state index in [9.17, 15) is 14.7 Å². The van der Waals surface area contributed by atoms with Gasteiger partial charge < -0.3 is 5.11 Å². The van der Waals surface area contributed by atoms with Crippen molar-refractivity contribution in [3.63, 3.8) is 0 Å². The Morgan fingerprint density at radius 1 is 0.900 bits per heavy atom. The van der Waals surface area contributed by atoms with E-state index in [2.05, 4.69) is 78.5 Å². The first kappa shape index (κ1) is 28.0. The largest absolute Gasteiger partial charge is 0.481 e. The van der Waals surface area contributed by atoms with Gasteiger partial charge in [-0.1, -0.05) is 77.1 Å². The van der Waals surface area contributed by atoms with Gasteiger partial charge in [-0.05, 0) is 128 Å². The Labute approximate surface area is 241 Å². The molecule has 9 atom stereocenters. The van der Waals surface area contributed by atoms with E-state index in [0.29, 0.717) is 29.5 Å². The molecule has 1 aromatic rings. The fourth-order valence-electron chi connectivity index (χ4n) is 12.2. The molecule has 5 aliphatic carbocycles. The summed E-state index contributed by atoms with van der Waals surface area (Å²) in [4.78, 5) is 26.9. The summed E-state index contributed by atoms with van der Waals surface area (Å²) in [6, 6.07) is 10.3. The number of carbonyl (C=O) groups is 2. The summed E-state index contributed by atoms with van der Waals surface area (Å²) in [7, 11) is 0. The van der Waals surface area contributed by atoms with Crippen molar-refractivity contribution >= 4 is 17.8 Å². The molecule has 0 saturated heterocycles. The first-order chi connectivity index (χ1) is 18.7. The molecule has 0 heterocycles. The SMILES string of the molecule is C=C(C)[C@@H]1CCC2(C(=O)O)CC[C@]3(C)C(CCC4[C@@]5(C)C/C(=C/c6ccccc6)C(=O)C(C)(C)C5CC[C@]43C)C12. The van der Waals surface area contributed by atoms with Crippen molar-refractivity contribution in [2.24, 2.45) is 56.7 Å². The monoisotopic (exact) mass is 542 g/mol. The summed E-state index contributed by atoms with van der Waals surface area (Å²) >= 11 is 0. The zero-order valence-corrected chi connectivity index (χ0v) is 25.7. The molecule has 0 aliphatic heterocycles. The maximum Gasteiger partial charge on any atom is 0.309 e. The van der Waals surface area contributed by atoms with Crippen molar-refractivity contribution in [2.75, 3.05) is 0 Å². The van der Waals surface area contributed by atoms with Gasteiger partial charge in [0.05, 0.1) is 5.41 Å². The molecule has 1 aromatic carbocycles. The standard InChI is InChI=1S/C37H50O3/c1-23(2)26-15-18-37(32(39)40)20-19-35(6)27(30(26)37)13-14-29-34(5)22-25(21-24-11-9-8-10-12-24)31(38)33(3,4)28(34)16-17-36(29,35)7/h8-12,21,26-30H,1,13-20,22H2,2-7H3,(H,39,40)/b25-21-/t26-,27?,28?,29?,30?,34-,35+,36+,37?/m0/s1. The van der Waals surface area contributed by atoms with Gasteiger partial charge in [-0.3, -0.25) is 9.59 Å². The van der Waals surface area contributed by atoms with Crippen LogP contribution in [0.2, 0.25) is 0 Å². The molecule has 3 heteroatoms. The molecule has 5 saturated carbocycles. The number of rotatable bonds is 3. The number of benzene rings is 1. The number of allylic oxidation sites excluding steroid dienone is 2. The lowest BCUT2D eigenvalue weighted by Gasteiger charge is -2.72. The van der Waals surface area contributed by atoms with Crippen LogP contribution < -0.4 is 0 Å². The third-order valence-corrected chi connectivity index (χ3v) is 14.2. The summed E-state index contributed by atoms with van der Waals surface area (Å²) in [5.74, 6) is 1.60. The molecule has 0 radical (unpaired) electrons. The van der Waals surface area contributed by atoms with Crippen LogP contribution >= 0.6 is 0 Å². The summed E-state index contributed by atoms with van der Waals surface area (Å²) in [6.07, 6.45) is 11.1. The van der Waals surface area contributed by atoms with Crippen LogP contribution in [0.5, 0.6) is 0 Å². The molecule has 0 bridgehead atoms. The van der Waals surface area contributed by atoms with Crippen LogP contribution in [0.4, 0.5) is 0 Å². The summed E-state index contributed by atoms with van der Waals surface area (Å²) in [5.41, 5.74) is 2.60. The molecular weight excluding hydrogens is 492 g/mol. The molecule has 5 fully saturated rings. The van der Waals surface area contributed by atoms with Gasteiger partial charge in [-0.15, -0.1) is 0 Å². The van der Waals surface area contributed by atoms with Crippen LogP contribution in [0.25, 0.3) is 6.08 Å². The van der Waals surface area contributed by atoms with Crippen molar-refractivity contribution in [1.29, 1.82) is 0 Å². The number of aliphatic carboxylic acids is 1. The molecule has 0 aromatic heterocycles. The minimum atomic E-state index is -0.580. The molecule has 0 amide bonds. The molecule has 0 spiro atoms. The number of carboxylic acid groups (broad SMARTS) is 1. The predicted molar refractivity (Wildman–Crippen MR) is 161 cm³/mol. The number of hydrogen-bond donors (Lipinski definition) is 1. The van der Waals surface area contributed by atoms with E-state index in [0.717, 1.165) is 68.9 Å². The lowest BCUT2D eigenvalue weighted by atomic mass is 9.32. The molecular formula is C37H50O3. The van der Waals surface area contributed by atoms with Gasteiger partial charge in [0.1, 0.15) is 0 Å². The molecule has 3 nitrogen and oxygen atoms in total. The van der Waals surface area contributed by atoms with E-state index in [1.165, 1.54) is 5.57 Å². The van der Waals surface area contributed by atoms with Gasteiger partial charge in [0.25, 0.3) is 0 Å². The van der Waals surface area contributed by atoms with Crippen LogP contribution in [0, 0.1) is 56.7 Å². The number of carbonyl (C=O) groups excluding carboxylic acids is 1. The van der Waals surface area contributed by atoms with Gasteiger partial charge in [-0.2, -0.15) is 0 Å². The number of hydrogen-bond acceptors (Lipinski definition) is 2. The highest BCUT2D eigenvalue weighted by molar-refractivity contribution is 6.04. The Morgan fingerprint density at radius 3 is 2.25 bits per heavy atom. The van der Waals surface area contributed by atoms with Gasteiger partial charge in [0.15, 0.2) is 5.78 Å². The van der Waals surface area contributed by atoms with Gasteiger partial charge >= 0.3 is 5.97 Å². The third-order valence-electron chi connectivity index (χ3n) is 14.2. The topological polar surface area (TPSA) is 54.4 Å². The Bertz CT molecular complexity index is 1270. The minimum Gasteiger partial charge on any atom is -0.481 e. The first-order valence-corrected chi connectivity index (χ1v) is 15.9. The van der Waals surface area contributed by atoms with Crippen molar-refractivity contribution in [3.05, 3.63) is 53.6 Å². The van der Waals surface area contributed by atoms with Gasteiger partial charge in [0.2, 0.25) is 0 Å². The van der Waals surface area contributed by atoms with Crippen LogP contribution in [-0.2, 0) is 9.59 Å². The molecule has 6 rings (SSSR count). The molecule has 5 aliphatic rings. The van der Waals surface area contributed by atoms with E-state index in [1.807, 2.05) is 6.07 Å². The minimum absolute atomic E-state index is 0.0454. The average Bonchev–Trinajstić information content (AvgIpc) is 3.30. The second kappa shape index (κ2) is 8.92. The molecule has 1 N–H and O–H groups in total. The van der Waals surface area contributed by atoms with Crippen LogP contribution in [0.3, 0.4) is 0 Å². The van der Waals surface area contributed by atoms with Crippen molar-refractivity contribution in [3.8, 4) is 0 Å². The maximum atomic E-state index is 14.0. The fraction of sp³-hybridized carbons (Fsp3) is 0.676. The summed E-state index contributed by atoms with van der Waals surface area (Å²) < 4.78 is 0. The second-order valence-corrected chi connectivity index (χ2v) is 16.0. The fourth-order valence-corrected chi connectivity index (χ4v) is 12.2. The lowest BCUT2D eigenvalue weighted by Crippen LogP contribution is -2.67. The highest BCUT2D eigenvalue weighted by Gasteiger charge is 2.72. The number of fused-ring (bicyclic) bond motifs is 7. The second-order valence-electron chi connectivity index (χ2n) is 16.0. The average molecular weight is 543 g/mol. The summed E-state index contributed by atoms with van der Waals surface area (Å²) in [6.45, 7) is 18.6. The predicted octanol–water partition coefficient (Wildman–Crippen LogP) is 8.99. The Kier molecular flexibility index (Phi) is 6.24.